The molecule has 9 heteroatoms. The first-order chi connectivity index (χ1) is 7.42. The smallest absolute Gasteiger partial charge is 0.317 e. The number of hydrogen-bond acceptors (Lipinski definition) is 6. The van der Waals surface area contributed by atoms with E-state index in [1.807, 2.05) is 0 Å². The Bertz CT molecular complexity index is 271. The normalized spacial score (nSPS) is 18.2. The second-order valence-corrected chi connectivity index (χ2v) is 3.73. The summed E-state index contributed by atoms with van der Waals surface area (Å²) in [5, 5.41) is 20.5. The Morgan fingerprint density at radius 2 is 2.19 bits per heavy atom. The Labute approximate surface area is 92.2 Å². The van der Waals surface area contributed by atoms with Gasteiger partial charge in [-0.15, -0.1) is 0 Å². The molecule has 0 heterocycles. The van der Waals surface area contributed by atoms with E-state index in [1.54, 1.807) is 0 Å². The fraction of sp³-hybridized carbons (Fsp3) is 0.714. The van der Waals surface area contributed by atoms with Gasteiger partial charge in [-0.2, -0.15) is 0 Å². The minimum Gasteiger partial charge on any atom is -0.394 e. The third kappa shape index (κ3) is 5.34. The van der Waals surface area contributed by atoms with E-state index in [4.69, 9.17) is 10.00 Å². The van der Waals surface area contributed by atoms with Gasteiger partial charge in [0, 0.05) is 6.92 Å². The zero-order valence-electron chi connectivity index (χ0n) is 8.49. The van der Waals surface area contributed by atoms with E-state index in [0.29, 0.717) is 0 Å². The van der Waals surface area contributed by atoms with E-state index >= 15 is 0 Å². The van der Waals surface area contributed by atoms with Crippen molar-refractivity contribution in [3.63, 3.8) is 0 Å². The Balaban J connectivity index is 4.54. The molecule has 0 saturated heterocycles. The van der Waals surface area contributed by atoms with Crippen molar-refractivity contribution in [2.75, 3.05) is 6.61 Å². The number of aliphatic hydroxyl groups is 2. The Morgan fingerprint density at radius 1 is 1.62 bits per heavy atom. The van der Waals surface area contributed by atoms with Gasteiger partial charge in [0.25, 0.3) is 0 Å². The summed E-state index contributed by atoms with van der Waals surface area (Å²) in [6.07, 6.45) is -3.07. The van der Waals surface area contributed by atoms with Crippen LogP contribution in [0.4, 0.5) is 0 Å². The number of aliphatic hydroxyl groups excluding tert-OH is 2. The molecule has 94 valence electrons. The van der Waals surface area contributed by atoms with Gasteiger partial charge in [-0.3, -0.25) is 13.9 Å². The van der Waals surface area contributed by atoms with Gasteiger partial charge in [0.1, 0.15) is 12.2 Å². The third-order valence-electron chi connectivity index (χ3n) is 1.71. The number of hydrogen-bond donors (Lipinski definition) is 4. The number of amides is 1. The summed E-state index contributed by atoms with van der Waals surface area (Å²) in [6, 6.07) is -1.14. The summed E-state index contributed by atoms with van der Waals surface area (Å²) in [6.45, 7) is 0.516. The van der Waals surface area contributed by atoms with E-state index < -0.39 is 39.0 Å². The van der Waals surface area contributed by atoms with Gasteiger partial charge in [0.05, 0.1) is 12.6 Å². The molecule has 0 fully saturated rings. The quantitative estimate of drug-likeness (QED) is 0.300. The van der Waals surface area contributed by atoms with E-state index in [-0.39, 0.29) is 6.29 Å². The lowest BCUT2D eigenvalue weighted by Gasteiger charge is -2.24. The lowest BCUT2D eigenvalue weighted by Crippen LogP contribution is -2.50. The second kappa shape index (κ2) is 7.48. The van der Waals surface area contributed by atoms with Crippen molar-refractivity contribution in [3.05, 3.63) is 0 Å². The molecule has 0 aromatic heterocycles. The van der Waals surface area contributed by atoms with Gasteiger partial charge >= 0.3 is 8.25 Å². The van der Waals surface area contributed by atoms with Gasteiger partial charge in [-0.05, 0) is 0 Å². The maximum Gasteiger partial charge on any atom is 0.317 e. The molecule has 16 heavy (non-hydrogen) atoms. The highest BCUT2D eigenvalue weighted by molar-refractivity contribution is 7.32. The zero-order valence-corrected chi connectivity index (χ0v) is 9.49. The first-order valence-corrected chi connectivity index (χ1v) is 5.59. The Morgan fingerprint density at radius 3 is 2.50 bits per heavy atom. The molecule has 8 nitrogen and oxygen atoms in total. The number of aldehydes is 1. The second-order valence-electron chi connectivity index (χ2n) is 2.96. The average Bonchev–Trinajstić information content (AvgIpc) is 2.20. The molecule has 0 saturated carbocycles. The number of carbonyl (C=O) groups excluding carboxylic acids is 2. The van der Waals surface area contributed by atoms with Crippen LogP contribution in [0.5, 0.6) is 0 Å². The molecule has 4 N–H and O–H groups in total. The van der Waals surface area contributed by atoms with Crippen molar-refractivity contribution in [1.82, 2.24) is 5.32 Å². The lowest BCUT2D eigenvalue weighted by molar-refractivity contribution is -0.125. The van der Waals surface area contributed by atoms with Crippen LogP contribution in [-0.2, 0) is 18.7 Å². The van der Waals surface area contributed by atoms with Crippen LogP contribution in [0.1, 0.15) is 6.92 Å². The minimum absolute atomic E-state index is 0.119. The van der Waals surface area contributed by atoms with Gasteiger partial charge in [0.2, 0.25) is 5.91 Å². The van der Waals surface area contributed by atoms with Crippen molar-refractivity contribution >= 4 is 20.4 Å². The van der Waals surface area contributed by atoms with Crippen molar-refractivity contribution in [2.24, 2.45) is 0 Å². The minimum atomic E-state index is -3.39. The summed E-state index contributed by atoms with van der Waals surface area (Å²) >= 11 is 0. The predicted molar refractivity (Wildman–Crippen MR) is 52.9 cm³/mol. The molecule has 0 spiro atoms. The van der Waals surface area contributed by atoms with Crippen LogP contribution in [0.25, 0.3) is 0 Å². The molecule has 0 bridgehead atoms. The van der Waals surface area contributed by atoms with Crippen LogP contribution in [0, 0.1) is 0 Å². The van der Waals surface area contributed by atoms with E-state index in [9.17, 15) is 19.3 Å². The summed E-state index contributed by atoms with van der Waals surface area (Å²) in [4.78, 5) is 29.6. The predicted octanol–water partition coefficient (Wildman–Crippen LogP) is -2.19. The Hall–Kier alpha value is -0.790. The van der Waals surface area contributed by atoms with Crippen molar-refractivity contribution in [1.29, 1.82) is 0 Å². The average molecular weight is 255 g/mol. The van der Waals surface area contributed by atoms with Crippen LogP contribution in [0.2, 0.25) is 0 Å². The van der Waals surface area contributed by atoms with Crippen molar-refractivity contribution in [3.8, 4) is 0 Å². The van der Waals surface area contributed by atoms with E-state index in [2.05, 4.69) is 9.84 Å². The van der Waals surface area contributed by atoms with Crippen LogP contribution in [0.15, 0.2) is 0 Å². The van der Waals surface area contributed by atoms with Crippen LogP contribution in [-0.4, -0.2) is 52.2 Å². The van der Waals surface area contributed by atoms with Crippen molar-refractivity contribution < 1.29 is 33.8 Å². The van der Waals surface area contributed by atoms with Gasteiger partial charge in [0.15, 0.2) is 6.29 Å². The molecule has 0 aliphatic carbocycles. The summed E-state index contributed by atoms with van der Waals surface area (Å²) in [7, 11) is -3.39. The molecular formula is C7H14NO7P. The standard InChI is InChI=1S/C7H14NO7P/c1-4(11)8-5(2-9)7(12)6(3-10)15-16(13)14/h3,5-7,9,12,16H,2H2,1H3,(H,8,11)(H,13,14). The van der Waals surface area contributed by atoms with Crippen LogP contribution >= 0.6 is 8.25 Å². The molecule has 0 aromatic rings. The third-order valence-corrected chi connectivity index (χ3v) is 2.18. The molecular weight excluding hydrogens is 241 g/mol. The Kier molecular flexibility index (Phi) is 7.11. The molecule has 0 rings (SSSR count). The highest BCUT2D eigenvalue weighted by Crippen LogP contribution is 2.19. The topological polar surface area (TPSA) is 133 Å². The molecule has 4 unspecified atom stereocenters. The summed E-state index contributed by atoms with van der Waals surface area (Å²) in [5.74, 6) is -0.528. The van der Waals surface area contributed by atoms with E-state index in [1.165, 1.54) is 0 Å². The molecule has 0 radical (unpaired) electrons. The molecule has 4 atom stereocenters. The maximum absolute atomic E-state index is 10.7. The molecule has 1 amide bonds. The maximum atomic E-state index is 10.7. The fourth-order valence-electron chi connectivity index (χ4n) is 1.02. The molecule has 0 aromatic carbocycles. The highest BCUT2D eigenvalue weighted by atomic mass is 31.1. The van der Waals surface area contributed by atoms with Gasteiger partial charge in [-0.25, -0.2) is 0 Å². The summed E-state index contributed by atoms with van der Waals surface area (Å²) in [5.41, 5.74) is 0. The van der Waals surface area contributed by atoms with Gasteiger partial charge in [-0.1, -0.05) is 0 Å². The molecule has 0 aliphatic heterocycles. The monoisotopic (exact) mass is 255 g/mol. The van der Waals surface area contributed by atoms with Crippen molar-refractivity contribution in [2.45, 2.75) is 25.2 Å². The lowest BCUT2D eigenvalue weighted by atomic mass is 10.1. The fourth-order valence-corrected chi connectivity index (χ4v) is 1.45. The first kappa shape index (κ1) is 15.2. The van der Waals surface area contributed by atoms with Crippen LogP contribution < -0.4 is 5.32 Å². The van der Waals surface area contributed by atoms with Gasteiger partial charge < -0.3 is 25.2 Å². The first-order valence-electron chi connectivity index (χ1n) is 4.33. The SMILES string of the molecule is CC(=O)NC(CO)C(O)C(C=O)O[PH](=O)O. The zero-order chi connectivity index (χ0) is 12.7. The number of nitrogens with one attached hydrogen (secondary N) is 1. The van der Waals surface area contributed by atoms with Crippen LogP contribution in [0.3, 0.4) is 0 Å². The number of carbonyl (C=O) groups is 2. The number of rotatable bonds is 7. The highest BCUT2D eigenvalue weighted by Gasteiger charge is 2.29. The molecule has 0 aliphatic rings. The summed E-state index contributed by atoms with van der Waals surface area (Å²) < 4.78 is 14.6. The largest absolute Gasteiger partial charge is 0.394 e. The van der Waals surface area contributed by atoms with E-state index in [0.717, 1.165) is 6.92 Å².